The van der Waals surface area contributed by atoms with Crippen LogP contribution in [0.5, 0.6) is 0 Å². The van der Waals surface area contributed by atoms with Gasteiger partial charge in [0, 0.05) is 12.0 Å². The maximum absolute atomic E-state index is 11.2. The standard InChI is InChI=1S/C11H18O4/c1-4-9-10(15-9)8(12)6-7(3)11(13)14-5-2/h8-10,12H,3-6H2,1-2H3/t8-,9+,10-/m0/s1. The number of aliphatic hydroxyl groups is 1. The Morgan fingerprint density at radius 2 is 2.27 bits per heavy atom. The lowest BCUT2D eigenvalue weighted by Crippen LogP contribution is -2.20. The van der Waals surface area contributed by atoms with Gasteiger partial charge in [0.25, 0.3) is 0 Å². The fourth-order valence-electron chi connectivity index (χ4n) is 1.51. The molecule has 0 unspecified atom stereocenters. The maximum Gasteiger partial charge on any atom is 0.333 e. The molecule has 1 aliphatic rings. The molecular formula is C11H18O4. The highest BCUT2D eigenvalue weighted by Crippen LogP contribution is 2.30. The van der Waals surface area contributed by atoms with Gasteiger partial charge in [-0.05, 0) is 13.3 Å². The number of aliphatic hydroxyl groups excluding tert-OH is 1. The summed E-state index contributed by atoms with van der Waals surface area (Å²) in [5.41, 5.74) is 0.301. The van der Waals surface area contributed by atoms with E-state index in [0.29, 0.717) is 12.2 Å². The third-order valence-electron chi connectivity index (χ3n) is 2.42. The molecule has 4 heteroatoms. The number of carbonyl (C=O) groups is 1. The molecule has 4 nitrogen and oxygen atoms in total. The van der Waals surface area contributed by atoms with Crippen molar-refractivity contribution in [2.24, 2.45) is 0 Å². The number of hydrogen-bond donors (Lipinski definition) is 1. The minimum Gasteiger partial charge on any atom is -0.463 e. The van der Waals surface area contributed by atoms with Crippen molar-refractivity contribution in [2.45, 2.75) is 45.0 Å². The lowest BCUT2D eigenvalue weighted by molar-refractivity contribution is -0.138. The lowest BCUT2D eigenvalue weighted by atomic mass is 10.0. The fraction of sp³-hybridized carbons (Fsp3) is 0.727. The van der Waals surface area contributed by atoms with Crippen molar-refractivity contribution in [3.63, 3.8) is 0 Å². The SMILES string of the molecule is C=C(C[C@H](O)[C@@H]1O[C@@H]1CC)C(=O)OCC. The molecule has 86 valence electrons. The van der Waals surface area contributed by atoms with Gasteiger partial charge in [0.05, 0.1) is 18.8 Å². The molecule has 0 aromatic heterocycles. The molecule has 0 amide bonds. The molecule has 0 aromatic rings. The van der Waals surface area contributed by atoms with E-state index in [0.717, 1.165) is 6.42 Å². The molecule has 1 N–H and O–H groups in total. The van der Waals surface area contributed by atoms with Gasteiger partial charge in [-0.3, -0.25) is 0 Å². The number of esters is 1. The van der Waals surface area contributed by atoms with Crippen LogP contribution in [0.15, 0.2) is 12.2 Å². The van der Waals surface area contributed by atoms with Gasteiger partial charge in [0.2, 0.25) is 0 Å². The summed E-state index contributed by atoms with van der Waals surface area (Å²) < 4.78 is 9.99. The molecule has 0 radical (unpaired) electrons. The summed E-state index contributed by atoms with van der Waals surface area (Å²) in [6.07, 6.45) is 0.455. The first-order chi connectivity index (χ1) is 7.10. The van der Waals surface area contributed by atoms with Gasteiger partial charge in [-0.25, -0.2) is 4.79 Å². The van der Waals surface area contributed by atoms with E-state index in [4.69, 9.17) is 9.47 Å². The lowest BCUT2D eigenvalue weighted by Gasteiger charge is -2.09. The van der Waals surface area contributed by atoms with E-state index in [2.05, 4.69) is 6.58 Å². The monoisotopic (exact) mass is 214 g/mol. The van der Waals surface area contributed by atoms with Crippen LogP contribution in [-0.2, 0) is 14.3 Å². The molecule has 1 rings (SSSR count). The van der Waals surface area contributed by atoms with Crippen LogP contribution in [0.3, 0.4) is 0 Å². The van der Waals surface area contributed by atoms with Gasteiger partial charge in [-0.1, -0.05) is 13.5 Å². The van der Waals surface area contributed by atoms with E-state index in [1.54, 1.807) is 6.92 Å². The predicted octanol–water partition coefficient (Wildman–Crippen LogP) is 1.03. The maximum atomic E-state index is 11.2. The Hall–Kier alpha value is -0.870. The van der Waals surface area contributed by atoms with Crippen molar-refractivity contribution in [2.75, 3.05) is 6.61 Å². The molecule has 1 heterocycles. The highest BCUT2D eigenvalue weighted by Gasteiger charge is 2.43. The van der Waals surface area contributed by atoms with Crippen LogP contribution in [-0.4, -0.2) is 36.0 Å². The predicted molar refractivity (Wildman–Crippen MR) is 55.3 cm³/mol. The highest BCUT2D eigenvalue weighted by atomic mass is 16.6. The summed E-state index contributed by atoms with van der Waals surface area (Å²) in [5.74, 6) is -0.440. The van der Waals surface area contributed by atoms with Gasteiger partial charge in [-0.2, -0.15) is 0 Å². The van der Waals surface area contributed by atoms with Gasteiger partial charge in [-0.15, -0.1) is 0 Å². The Morgan fingerprint density at radius 3 is 2.73 bits per heavy atom. The number of ether oxygens (including phenoxy) is 2. The molecule has 0 bridgehead atoms. The van der Waals surface area contributed by atoms with Crippen molar-refractivity contribution >= 4 is 5.97 Å². The summed E-state index contributed by atoms with van der Waals surface area (Å²) in [6, 6.07) is 0. The summed E-state index contributed by atoms with van der Waals surface area (Å²) in [6.45, 7) is 7.64. The average molecular weight is 214 g/mol. The summed E-state index contributed by atoms with van der Waals surface area (Å²) in [7, 11) is 0. The summed E-state index contributed by atoms with van der Waals surface area (Å²) in [5, 5.41) is 9.68. The van der Waals surface area contributed by atoms with E-state index in [1.165, 1.54) is 0 Å². The molecular weight excluding hydrogens is 196 g/mol. The highest BCUT2D eigenvalue weighted by molar-refractivity contribution is 5.87. The molecule has 0 aliphatic carbocycles. The van der Waals surface area contributed by atoms with Crippen molar-refractivity contribution in [3.8, 4) is 0 Å². The van der Waals surface area contributed by atoms with E-state index in [9.17, 15) is 9.90 Å². The Labute approximate surface area is 89.9 Å². The molecule has 3 atom stereocenters. The zero-order chi connectivity index (χ0) is 11.4. The van der Waals surface area contributed by atoms with E-state index in [-0.39, 0.29) is 18.6 Å². The number of hydrogen-bond acceptors (Lipinski definition) is 4. The normalized spacial score (nSPS) is 25.8. The fourth-order valence-corrected chi connectivity index (χ4v) is 1.51. The number of epoxide rings is 1. The number of rotatable bonds is 6. The number of carbonyl (C=O) groups excluding carboxylic acids is 1. The smallest absolute Gasteiger partial charge is 0.333 e. The van der Waals surface area contributed by atoms with Crippen molar-refractivity contribution < 1.29 is 19.4 Å². The molecule has 0 spiro atoms. The third kappa shape index (κ3) is 3.32. The quantitative estimate of drug-likeness (QED) is 0.407. The first-order valence-electron chi connectivity index (χ1n) is 5.28. The average Bonchev–Trinajstić information content (AvgIpc) is 2.96. The van der Waals surface area contributed by atoms with Crippen LogP contribution in [0.1, 0.15) is 26.7 Å². The van der Waals surface area contributed by atoms with Crippen LogP contribution in [0.4, 0.5) is 0 Å². The van der Waals surface area contributed by atoms with E-state index >= 15 is 0 Å². The second kappa shape index (κ2) is 5.28. The molecule has 0 aromatic carbocycles. The van der Waals surface area contributed by atoms with Crippen LogP contribution in [0, 0.1) is 0 Å². The van der Waals surface area contributed by atoms with Gasteiger partial charge in [0.15, 0.2) is 0 Å². The first kappa shape index (κ1) is 12.2. The minimum atomic E-state index is -0.646. The van der Waals surface area contributed by atoms with Gasteiger partial charge in [0.1, 0.15) is 6.10 Å². The van der Waals surface area contributed by atoms with Crippen molar-refractivity contribution in [1.82, 2.24) is 0 Å². The van der Waals surface area contributed by atoms with Gasteiger partial charge < -0.3 is 14.6 Å². The topological polar surface area (TPSA) is 59.1 Å². The van der Waals surface area contributed by atoms with Crippen LogP contribution in [0.2, 0.25) is 0 Å². The Bertz CT molecular complexity index is 249. The second-order valence-corrected chi connectivity index (χ2v) is 3.64. The minimum absolute atomic E-state index is 0.134. The molecule has 1 saturated heterocycles. The molecule has 15 heavy (non-hydrogen) atoms. The van der Waals surface area contributed by atoms with E-state index < -0.39 is 12.1 Å². The molecule has 1 aliphatic heterocycles. The largest absolute Gasteiger partial charge is 0.463 e. The van der Waals surface area contributed by atoms with Crippen LogP contribution < -0.4 is 0 Å². The Morgan fingerprint density at radius 1 is 1.60 bits per heavy atom. The van der Waals surface area contributed by atoms with Crippen molar-refractivity contribution in [1.29, 1.82) is 0 Å². The first-order valence-corrected chi connectivity index (χ1v) is 5.28. The molecule has 0 saturated carbocycles. The van der Waals surface area contributed by atoms with Crippen LogP contribution >= 0.6 is 0 Å². The van der Waals surface area contributed by atoms with E-state index in [1.807, 2.05) is 6.92 Å². The van der Waals surface area contributed by atoms with Gasteiger partial charge >= 0.3 is 5.97 Å². The van der Waals surface area contributed by atoms with Crippen molar-refractivity contribution in [3.05, 3.63) is 12.2 Å². The third-order valence-corrected chi connectivity index (χ3v) is 2.42. The Kier molecular flexibility index (Phi) is 4.29. The molecule has 1 fully saturated rings. The zero-order valence-corrected chi connectivity index (χ0v) is 9.23. The second-order valence-electron chi connectivity index (χ2n) is 3.64. The van der Waals surface area contributed by atoms with Crippen LogP contribution in [0.25, 0.3) is 0 Å². The summed E-state index contributed by atoms with van der Waals surface area (Å²) in [4.78, 5) is 11.2. The summed E-state index contributed by atoms with van der Waals surface area (Å²) >= 11 is 0. The Balaban J connectivity index is 2.29. The zero-order valence-electron chi connectivity index (χ0n) is 9.23.